The molecular weight excluding hydrogens is 400 g/mol. The molecule has 0 fully saturated rings. The first-order valence-corrected chi connectivity index (χ1v) is 8.25. The van der Waals surface area contributed by atoms with Gasteiger partial charge in [0.1, 0.15) is 5.75 Å². The van der Waals surface area contributed by atoms with Crippen molar-refractivity contribution in [1.29, 1.82) is 0 Å². The molecule has 0 aliphatic heterocycles. The van der Waals surface area contributed by atoms with Crippen LogP contribution in [0.4, 0.5) is 0 Å². The van der Waals surface area contributed by atoms with Crippen molar-refractivity contribution in [2.24, 2.45) is 0 Å². The zero-order chi connectivity index (χ0) is 16.8. The molecule has 120 valence electrons. The lowest BCUT2D eigenvalue weighted by Gasteiger charge is -2.11. The minimum absolute atomic E-state index is 0.238. The number of methoxy groups -OCH3 is 1. The maximum Gasteiger partial charge on any atom is 0.257 e. The van der Waals surface area contributed by atoms with Gasteiger partial charge in [0.25, 0.3) is 5.91 Å². The van der Waals surface area contributed by atoms with E-state index in [0.717, 1.165) is 5.56 Å². The van der Waals surface area contributed by atoms with Crippen molar-refractivity contribution in [3.05, 3.63) is 63.1 Å². The molecule has 0 heterocycles. The topological polar surface area (TPSA) is 50.4 Å². The lowest BCUT2D eigenvalue weighted by molar-refractivity contribution is 0.0976. The van der Waals surface area contributed by atoms with E-state index >= 15 is 0 Å². The van der Waals surface area contributed by atoms with E-state index in [2.05, 4.69) is 26.6 Å². The maximum absolute atomic E-state index is 12.2. The number of amides is 1. The van der Waals surface area contributed by atoms with Crippen LogP contribution in [0.25, 0.3) is 0 Å². The number of carbonyl (C=O) groups is 1. The number of ether oxygens (including phenoxy) is 1. The average molecular weight is 414 g/mol. The van der Waals surface area contributed by atoms with Crippen LogP contribution in [0.3, 0.4) is 0 Å². The van der Waals surface area contributed by atoms with Crippen LogP contribution >= 0.6 is 39.7 Å². The Morgan fingerprint density at radius 1 is 1.30 bits per heavy atom. The maximum atomic E-state index is 12.2. The number of thiocarbonyl (C=S) groups is 1. The SMILES string of the molecule is COc1ccc(C(=O)NC(=S)NCc2ccccc2Cl)cc1Br. The summed E-state index contributed by atoms with van der Waals surface area (Å²) in [6.07, 6.45) is 0. The summed E-state index contributed by atoms with van der Waals surface area (Å²) < 4.78 is 5.83. The zero-order valence-electron chi connectivity index (χ0n) is 12.2. The van der Waals surface area contributed by atoms with E-state index < -0.39 is 0 Å². The third-order valence-corrected chi connectivity index (χ3v) is 4.27. The first-order chi connectivity index (χ1) is 11.0. The van der Waals surface area contributed by atoms with E-state index in [1.165, 1.54) is 0 Å². The largest absolute Gasteiger partial charge is 0.496 e. The summed E-state index contributed by atoms with van der Waals surface area (Å²) in [4.78, 5) is 12.2. The van der Waals surface area contributed by atoms with Crippen molar-refractivity contribution in [1.82, 2.24) is 10.6 Å². The fraction of sp³-hybridized carbons (Fsp3) is 0.125. The van der Waals surface area contributed by atoms with Crippen LogP contribution in [-0.4, -0.2) is 18.1 Å². The molecule has 23 heavy (non-hydrogen) atoms. The molecule has 0 aromatic heterocycles. The second-order valence-corrected chi connectivity index (χ2v) is 6.25. The van der Waals surface area contributed by atoms with Gasteiger partial charge in [0.15, 0.2) is 5.11 Å². The molecule has 0 bridgehead atoms. The Balaban J connectivity index is 1.93. The summed E-state index contributed by atoms with van der Waals surface area (Å²) in [7, 11) is 1.56. The highest BCUT2D eigenvalue weighted by Crippen LogP contribution is 2.25. The molecule has 1 amide bonds. The third-order valence-electron chi connectivity index (χ3n) is 3.04. The highest BCUT2D eigenvalue weighted by Gasteiger charge is 2.10. The van der Waals surface area contributed by atoms with Crippen LogP contribution < -0.4 is 15.4 Å². The number of nitrogens with one attached hydrogen (secondary N) is 2. The van der Waals surface area contributed by atoms with Crippen molar-refractivity contribution in [2.45, 2.75) is 6.54 Å². The van der Waals surface area contributed by atoms with E-state index in [0.29, 0.717) is 27.4 Å². The Morgan fingerprint density at radius 3 is 2.70 bits per heavy atom. The van der Waals surface area contributed by atoms with Crippen LogP contribution in [0.1, 0.15) is 15.9 Å². The highest BCUT2D eigenvalue weighted by molar-refractivity contribution is 9.10. The fourth-order valence-electron chi connectivity index (χ4n) is 1.84. The van der Waals surface area contributed by atoms with Gasteiger partial charge in [0.05, 0.1) is 11.6 Å². The van der Waals surface area contributed by atoms with Crippen molar-refractivity contribution in [3.8, 4) is 5.75 Å². The molecule has 0 radical (unpaired) electrons. The van der Waals surface area contributed by atoms with Gasteiger partial charge in [-0.2, -0.15) is 0 Å². The first kappa shape index (κ1) is 17.7. The minimum Gasteiger partial charge on any atom is -0.496 e. The van der Waals surface area contributed by atoms with Gasteiger partial charge in [-0.3, -0.25) is 10.1 Å². The summed E-state index contributed by atoms with van der Waals surface area (Å²) in [6, 6.07) is 12.5. The lowest BCUT2D eigenvalue weighted by atomic mass is 10.2. The summed E-state index contributed by atoms with van der Waals surface area (Å²) in [5.74, 6) is 0.353. The molecule has 0 saturated carbocycles. The van der Waals surface area contributed by atoms with E-state index in [9.17, 15) is 4.79 Å². The first-order valence-electron chi connectivity index (χ1n) is 6.67. The van der Waals surface area contributed by atoms with E-state index in [4.69, 9.17) is 28.6 Å². The predicted molar refractivity (Wildman–Crippen MR) is 99.0 cm³/mol. The van der Waals surface area contributed by atoms with E-state index in [1.807, 2.05) is 18.2 Å². The molecule has 0 aliphatic carbocycles. The number of hydrogen-bond donors (Lipinski definition) is 2. The molecule has 7 heteroatoms. The number of carbonyl (C=O) groups excluding carboxylic acids is 1. The standard InChI is InChI=1S/C16H14BrClN2O2S/c1-22-14-7-6-10(8-12(14)17)15(21)20-16(23)19-9-11-4-2-3-5-13(11)18/h2-8H,9H2,1H3,(H2,19,20,21,23). The Bertz CT molecular complexity index is 740. The van der Waals surface area contributed by atoms with Crippen LogP contribution in [0.2, 0.25) is 5.02 Å². The molecule has 0 saturated heterocycles. The van der Waals surface area contributed by atoms with Crippen LogP contribution in [-0.2, 0) is 6.54 Å². The van der Waals surface area contributed by atoms with Gasteiger partial charge >= 0.3 is 0 Å². The Labute approximate surface area is 153 Å². The van der Waals surface area contributed by atoms with E-state index in [-0.39, 0.29) is 11.0 Å². The Kier molecular flexibility index (Phi) is 6.38. The monoisotopic (exact) mass is 412 g/mol. The number of halogens is 2. The molecule has 2 rings (SSSR count). The molecule has 0 spiro atoms. The van der Waals surface area contributed by atoms with Crippen molar-refractivity contribution < 1.29 is 9.53 Å². The van der Waals surface area contributed by atoms with Gasteiger partial charge < -0.3 is 10.1 Å². The molecule has 0 aliphatic rings. The smallest absolute Gasteiger partial charge is 0.257 e. The zero-order valence-corrected chi connectivity index (χ0v) is 15.4. The van der Waals surface area contributed by atoms with E-state index in [1.54, 1.807) is 31.4 Å². The van der Waals surface area contributed by atoms with Gasteiger partial charge in [-0.15, -0.1) is 0 Å². The minimum atomic E-state index is -0.301. The third kappa shape index (κ3) is 4.92. The second-order valence-electron chi connectivity index (χ2n) is 4.58. The van der Waals surface area contributed by atoms with Crippen molar-refractivity contribution in [2.75, 3.05) is 7.11 Å². The van der Waals surface area contributed by atoms with Gasteiger partial charge in [-0.25, -0.2) is 0 Å². The van der Waals surface area contributed by atoms with Gasteiger partial charge in [0, 0.05) is 17.1 Å². The van der Waals surface area contributed by atoms with Gasteiger partial charge in [0.2, 0.25) is 0 Å². The lowest BCUT2D eigenvalue weighted by Crippen LogP contribution is -2.38. The second kappa shape index (κ2) is 8.29. The Morgan fingerprint density at radius 2 is 2.04 bits per heavy atom. The molecule has 4 nitrogen and oxygen atoms in total. The number of rotatable bonds is 4. The normalized spacial score (nSPS) is 10.0. The van der Waals surface area contributed by atoms with Gasteiger partial charge in [-0.1, -0.05) is 29.8 Å². The van der Waals surface area contributed by atoms with Crippen molar-refractivity contribution in [3.63, 3.8) is 0 Å². The van der Waals surface area contributed by atoms with Crippen molar-refractivity contribution >= 4 is 50.8 Å². The summed E-state index contributed by atoms with van der Waals surface area (Å²) >= 11 is 14.5. The predicted octanol–water partition coefficient (Wildman–Crippen LogP) is 3.92. The summed E-state index contributed by atoms with van der Waals surface area (Å²) in [5.41, 5.74) is 1.37. The van der Waals surface area contributed by atoms with Crippen LogP contribution in [0.5, 0.6) is 5.75 Å². The number of benzene rings is 2. The van der Waals surface area contributed by atoms with Crippen LogP contribution in [0.15, 0.2) is 46.9 Å². The Hall–Kier alpha value is -1.63. The molecule has 0 atom stereocenters. The van der Waals surface area contributed by atoms with Crippen LogP contribution in [0, 0.1) is 0 Å². The molecule has 2 N–H and O–H groups in total. The molecular formula is C16H14BrClN2O2S. The summed E-state index contributed by atoms with van der Waals surface area (Å²) in [6.45, 7) is 0.436. The number of hydrogen-bond acceptors (Lipinski definition) is 3. The fourth-order valence-corrected chi connectivity index (χ4v) is 2.75. The molecule has 2 aromatic carbocycles. The highest BCUT2D eigenvalue weighted by atomic mass is 79.9. The average Bonchev–Trinajstić information content (AvgIpc) is 2.54. The quantitative estimate of drug-likeness (QED) is 0.746. The van der Waals surface area contributed by atoms with Gasteiger partial charge in [-0.05, 0) is 58.0 Å². The molecule has 0 unspecified atom stereocenters. The summed E-state index contributed by atoms with van der Waals surface area (Å²) in [5, 5.41) is 6.47. The molecule has 2 aromatic rings.